The Bertz CT molecular complexity index is 817. The summed E-state index contributed by atoms with van der Waals surface area (Å²) in [4.78, 5) is 29.1. The minimum atomic E-state index is -1.93. The Kier molecular flexibility index (Phi) is 12.0. The van der Waals surface area contributed by atoms with E-state index >= 15 is 0 Å². The van der Waals surface area contributed by atoms with Crippen LogP contribution in [0.3, 0.4) is 0 Å². The average molecular weight is 429 g/mol. The number of nitrogens with one attached hydrogen (secondary N) is 1. The lowest BCUT2D eigenvalue weighted by Crippen LogP contribution is -2.04. The number of anilines is 1. The van der Waals surface area contributed by atoms with Crippen molar-refractivity contribution < 1.29 is 28.6 Å². The van der Waals surface area contributed by atoms with Crippen molar-refractivity contribution in [2.45, 2.75) is 13.8 Å². The van der Waals surface area contributed by atoms with Crippen LogP contribution in [0.2, 0.25) is 0 Å². The molecule has 1 amide bonds. The number of carbonyl (C=O) groups excluding carboxylic acids is 1. The number of hydrogen-bond acceptors (Lipinski definition) is 5. The summed E-state index contributed by atoms with van der Waals surface area (Å²) in [5.74, 6) is 0.310. The van der Waals surface area contributed by atoms with Gasteiger partial charge in [0.2, 0.25) is 5.91 Å². The van der Waals surface area contributed by atoms with E-state index in [1.807, 2.05) is 66.7 Å². The van der Waals surface area contributed by atoms with Crippen LogP contribution in [0, 0.1) is 0 Å². The van der Waals surface area contributed by atoms with Gasteiger partial charge < -0.3 is 24.4 Å². The highest BCUT2D eigenvalue weighted by molar-refractivity contribution is 7.41. The molecule has 0 bridgehead atoms. The van der Waals surface area contributed by atoms with Crippen molar-refractivity contribution in [2.24, 2.45) is 0 Å². The van der Waals surface area contributed by atoms with Gasteiger partial charge in [0.1, 0.15) is 11.5 Å². The average Bonchev–Trinajstić information content (AvgIpc) is 2.70. The van der Waals surface area contributed by atoms with Crippen molar-refractivity contribution in [1.82, 2.24) is 0 Å². The Morgan fingerprint density at radius 1 is 0.733 bits per heavy atom. The fourth-order valence-corrected chi connectivity index (χ4v) is 2.53. The first-order valence-corrected chi connectivity index (χ1v) is 9.97. The summed E-state index contributed by atoms with van der Waals surface area (Å²) in [7, 11) is -1.93. The van der Waals surface area contributed by atoms with E-state index in [4.69, 9.17) is 18.9 Å². The van der Waals surface area contributed by atoms with E-state index in [1.165, 1.54) is 6.92 Å². The van der Waals surface area contributed by atoms with Gasteiger partial charge in [-0.05, 0) is 36.4 Å². The molecule has 7 nitrogen and oxygen atoms in total. The van der Waals surface area contributed by atoms with Crippen LogP contribution in [-0.4, -0.2) is 21.9 Å². The van der Waals surface area contributed by atoms with Gasteiger partial charge in [-0.25, -0.2) is 0 Å². The summed E-state index contributed by atoms with van der Waals surface area (Å²) in [6.07, 6.45) is 0. The minimum absolute atomic E-state index is 0.0359. The molecular weight excluding hydrogens is 405 g/mol. The van der Waals surface area contributed by atoms with Crippen molar-refractivity contribution in [3.8, 4) is 11.5 Å². The number of carboxylic acids is 1. The van der Waals surface area contributed by atoms with E-state index in [0.717, 1.165) is 12.6 Å². The third kappa shape index (κ3) is 12.9. The van der Waals surface area contributed by atoms with Gasteiger partial charge >= 0.3 is 8.60 Å². The number of carbonyl (C=O) groups is 2. The topological polar surface area (TPSA) is 105 Å². The fourth-order valence-electron chi connectivity index (χ4n) is 1.89. The molecule has 0 fully saturated rings. The van der Waals surface area contributed by atoms with Crippen LogP contribution < -0.4 is 14.4 Å². The molecule has 0 unspecified atom stereocenters. The van der Waals surface area contributed by atoms with Crippen molar-refractivity contribution in [3.63, 3.8) is 0 Å². The zero-order valence-corrected chi connectivity index (χ0v) is 17.5. The van der Waals surface area contributed by atoms with Crippen LogP contribution in [0.5, 0.6) is 11.5 Å². The second-order valence-corrected chi connectivity index (χ2v) is 6.45. The lowest BCUT2D eigenvalue weighted by Gasteiger charge is -2.11. The third-order valence-corrected chi connectivity index (χ3v) is 3.68. The number of para-hydroxylation sites is 3. The highest BCUT2D eigenvalue weighted by atomic mass is 31.2. The number of benzene rings is 3. The van der Waals surface area contributed by atoms with Gasteiger partial charge in [-0.3, -0.25) is 9.59 Å². The summed E-state index contributed by atoms with van der Waals surface area (Å²) >= 11 is 0. The van der Waals surface area contributed by atoms with Gasteiger partial charge in [0.25, 0.3) is 5.97 Å². The summed E-state index contributed by atoms with van der Waals surface area (Å²) in [6, 6.07) is 27.5. The van der Waals surface area contributed by atoms with E-state index in [2.05, 4.69) is 5.32 Å². The second kappa shape index (κ2) is 14.6. The molecule has 0 aromatic heterocycles. The zero-order valence-electron chi connectivity index (χ0n) is 16.6. The minimum Gasteiger partial charge on any atom is -0.481 e. The van der Waals surface area contributed by atoms with Crippen molar-refractivity contribution in [1.29, 1.82) is 0 Å². The number of carboxylic acid groups (broad SMARTS) is 1. The van der Waals surface area contributed by atoms with Crippen LogP contribution in [-0.2, 0) is 9.59 Å². The maximum absolute atomic E-state index is 10.5. The van der Waals surface area contributed by atoms with E-state index in [1.54, 1.807) is 24.3 Å². The summed E-state index contributed by atoms with van der Waals surface area (Å²) < 4.78 is 10.4. The third-order valence-electron chi connectivity index (χ3n) is 2.95. The molecule has 0 spiro atoms. The fraction of sp³-hybridized carbons (Fsp3) is 0.0909. The maximum atomic E-state index is 10.5. The van der Waals surface area contributed by atoms with Crippen LogP contribution in [0.1, 0.15) is 13.8 Å². The first-order valence-electron chi connectivity index (χ1n) is 8.84. The van der Waals surface area contributed by atoms with E-state index < -0.39 is 14.6 Å². The van der Waals surface area contributed by atoms with Gasteiger partial charge in [0.15, 0.2) is 0 Å². The molecule has 3 aromatic carbocycles. The number of aliphatic carboxylic acids is 1. The Labute approximate surface area is 176 Å². The molecule has 0 saturated heterocycles. The highest BCUT2D eigenvalue weighted by Crippen LogP contribution is 2.35. The molecule has 0 aliphatic heterocycles. The van der Waals surface area contributed by atoms with Gasteiger partial charge in [0.05, 0.1) is 0 Å². The molecule has 0 aliphatic carbocycles. The Morgan fingerprint density at radius 2 is 1.07 bits per heavy atom. The summed E-state index contributed by atoms with van der Waals surface area (Å²) in [5, 5.41) is 10.1. The van der Waals surface area contributed by atoms with Gasteiger partial charge in [-0.1, -0.05) is 54.6 Å². The standard InChI is InChI=1S/C12H11O3P.C8H9NO.C2H4O2/c13-16(14-11-7-3-1-4-8-11)15-12-9-5-2-6-10-12;1-7(10)9-8-5-3-2-4-6-8;1-2(3)4/h1-10,13H;2-6H,1H3,(H,9,10);1H3,(H,3,4). The Hall–Kier alpha value is -3.41. The number of rotatable bonds is 5. The zero-order chi connectivity index (χ0) is 22.2. The van der Waals surface area contributed by atoms with Crippen LogP contribution >= 0.6 is 8.60 Å². The molecule has 0 atom stereocenters. The molecular formula is C22H24NO6P. The van der Waals surface area contributed by atoms with Crippen LogP contribution in [0.25, 0.3) is 0 Å². The van der Waals surface area contributed by atoms with Gasteiger partial charge in [-0.2, -0.15) is 0 Å². The molecule has 3 aromatic rings. The normalized spacial score (nSPS) is 9.20. The molecule has 0 saturated carbocycles. The second-order valence-electron chi connectivity index (χ2n) is 5.61. The summed E-state index contributed by atoms with van der Waals surface area (Å²) in [6.45, 7) is 2.58. The lowest BCUT2D eigenvalue weighted by atomic mass is 10.3. The largest absolute Gasteiger partial charge is 0.481 e. The maximum Gasteiger partial charge on any atom is 0.460 e. The van der Waals surface area contributed by atoms with Crippen LogP contribution in [0.4, 0.5) is 5.69 Å². The SMILES string of the molecule is CC(=O)Nc1ccccc1.CC(=O)O.OP(Oc1ccccc1)Oc1ccccc1. The van der Waals surface area contributed by atoms with E-state index in [0.29, 0.717) is 11.5 Å². The first kappa shape index (κ1) is 24.6. The molecule has 0 radical (unpaired) electrons. The number of amides is 1. The van der Waals surface area contributed by atoms with Crippen LogP contribution in [0.15, 0.2) is 91.0 Å². The Morgan fingerprint density at radius 3 is 1.40 bits per heavy atom. The van der Waals surface area contributed by atoms with Crippen molar-refractivity contribution in [3.05, 3.63) is 91.0 Å². The summed E-state index contributed by atoms with van der Waals surface area (Å²) in [5.41, 5.74) is 0.843. The van der Waals surface area contributed by atoms with E-state index in [9.17, 15) is 9.69 Å². The molecule has 0 heterocycles. The van der Waals surface area contributed by atoms with Crippen molar-refractivity contribution in [2.75, 3.05) is 5.32 Å². The lowest BCUT2D eigenvalue weighted by molar-refractivity contribution is -0.134. The molecule has 30 heavy (non-hydrogen) atoms. The molecule has 8 heteroatoms. The van der Waals surface area contributed by atoms with E-state index in [-0.39, 0.29) is 5.91 Å². The number of hydrogen-bond donors (Lipinski definition) is 3. The first-order chi connectivity index (χ1) is 14.4. The smallest absolute Gasteiger partial charge is 0.460 e. The molecule has 158 valence electrons. The molecule has 3 N–H and O–H groups in total. The van der Waals surface area contributed by atoms with Gasteiger partial charge in [0, 0.05) is 19.5 Å². The Balaban J connectivity index is 0.000000274. The van der Waals surface area contributed by atoms with Gasteiger partial charge in [-0.15, -0.1) is 0 Å². The predicted octanol–water partition coefficient (Wildman–Crippen LogP) is 5.10. The predicted molar refractivity (Wildman–Crippen MR) is 117 cm³/mol. The highest BCUT2D eigenvalue weighted by Gasteiger charge is 2.10. The monoisotopic (exact) mass is 429 g/mol. The molecule has 0 aliphatic rings. The van der Waals surface area contributed by atoms with Crippen molar-refractivity contribution >= 4 is 26.2 Å². The quantitative estimate of drug-likeness (QED) is 0.488. The molecule has 3 rings (SSSR count).